The van der Waals surface area contributed by atoms with Crippen LogP contribution >= 0.6 is 0 Å². The molecule has 0 bridgehead atoms. The second kappa shape index (κ2) is 8.17. The Morgan fingerprint density at radius 2 is 1.76 bits per heavy atom. The number of rotatable bonds is 4. The highest BCUT2D eigenvalue weighted by Gasteiger charge is 2.43. The molecular weight excluding hydrogens is 350 g/mol. The number of piperidine rings is 1. The summed E-state index contributed by atoms with van der Waals surface area (Å²) in [6.07, 6.45) is 1.69. The third-order valence-corrected chi connectivity index (χ3v) is 6.91. The molecule has 3 fully saturated rings. The fourth-order valence-electron chi connectivity index (χ4n) is 3.55. The van der Waals surface area contributed by atoms with Crippen LogP contribution in [0.1, 0.15) is 26.2 Å². The van der Waals surface area contributed by atoms with Gasteiger partial charge in [0.15, 0.2) is 6.29 Å². The van der Waals surface area contributed by atoms with Crippen molar-refractivity contribution in [3.63, 3.8) is 0 Å². The molecule has 3 aliphatic rings. The lowest BCUT2D eigenvalue weighted by atomic mass is 10.0. The molecule has 0 saturated carbocycles. The summed E-state index contributed by atoms with van der Waals surface area (Å²) in [4.78, 5) is 13.3. The van der Waals surface area contributed by atoms with Crippen molar-refractivity contribution in [1.29, 1.82) is 0 Å². The largest absolute Gasteiger partial charge is 0.450 e. The Labute approximate surface area is 149 Å². The number of amides is 1. The lowest BCUT2D eigenvalue weighted by Crippen LogP contribution is -2.58. The summed E-state index contributed by atoms with van der Waals surface area (Å²) in [6.45, 7) is 4.79. The van der Waals surface area contributed by atoms with Gasteiger partial charge in [0, 0.05) is 32.7 Å². The maximum absolute atomic E-state index is 13.1. The summed E-state index contributed by atoms with van der Waals surface area (Å²) >= 11 is 0. The topological polar surface area (TPSA) is 88.6 Å². The first-order chi connectivity index (χ1) is 12.0. The molecule has 0 radical (unpaired) electrons. The van der Waals surface area contributed by atoms with E-state index in [4.69, 9.17) is 14.2 Å². The van der Waals surface area contributed by atoms with Crippen LogP contribution in [0.2, 0.25) is 0 Å². The van der Waals surface area contributed by atoms with Gasteiger partial charge >= 0.3 is 6.09 Å². The van der Waals surface area contributed by atoms with Gasteiger partial charge in [0.2, 0.25) is 0 Å². The predicted molar refractivity (Wildman–Crippen MR) is 89.1 cm³/mol. The highest BCUT2D eigenvalue weighted by atomic mass is 32.2. The van der Waals surface area contributed by atoms with Crippen LogP contribution in [-0.2, 0) is 24.4 Å². The van der Waals surface area contributed by atoms with Crippen LogP contribution in [0, 0.1) is 0 Å². The number of carbonyl (C=O) groups is 1. The van der Waals surface area contributed by atoms with E-state index >= 15 is 0 Å². The molecule has 0 aromatic carbocycles. The normalized spacial score (nSPS) is 27.6. The number of carbonyl (C=O) groups excluding carboxylic acids is 1. The lowest BCUT2D eigenvalue weighted by molar-refractivity contribution is -0.0922. The third kappa shape index (κ3) is 4.08. The van der Waals surface area contributed by atoms with Gasteiger partial charge in [0.1, 0.15) is 0 Å². The summed E-state index contributed by atoms with van der Waals surface area (Å²) in [5.74, 6) is 0. The first-order valence-corrected chi connectivity index (χ1v) is 10.4. The zero-order valence-corrected chi connectivity index (χ0v) is 15.4. The van der Waals surface area contributed by atoms with E-state index in [1.807, 2.05) is 0 Å². The number of hydrogen-bond donors (Lipinski definition) is 0. The zero-order valence-electron chi connectivity index (χ0n) is 14.6. The molecule has 3 rings (SSSR count). The molecule has 25 heavy (non-hydrogen) atoms. The highest BCUT2D eigenvalue weighted by molar-refractivity contribution is 7.86. The zero-order chi connectivity index (χ0) is 17.9. The number of piperazine rings is 1. The van der Waals surface area contributed by atoms with Crippen molar-refractivity contribution in [3.05, 3.63) is 0 Å². The molecule has 0 aromatic heterocycles. The summed E-state index contributed by atoms with van der Waals surface area (Å²) in [5.41, 5.74) is 0. The first-order valence-electron chi connectivity index (χ1n) is 8.96. The van der Waals surface area contributed by atoms with Crippen molar-refractivity contribution in [2.75, 3.05) is 52.5 Å². The van der Waals surface area contributed by atoms with Gasteiger partial charge in [-0.05, 0) is 19.8 Å². The van der Waals surface area contributed by atoms with Gasteiger partial charge in [-0.25, -0.2) is 4.79 Å². The van der Waals surface area contributed by atoms with Gasteiger partial charge in [-0.15, -0.1) is 0 Å². The van der Waals surface area contributed by atoms with E-state index < -0.39 is 16.5 Å². The first kappa shape index (κ1) is 18.8. The Kier molecular flexibility index (Phi) is 6.16. The van der Waals surface area contributed by atoms with Gasteiger partial charge in [0.05, 0.1) is 25.9 Å². The van der Waals surface area contributed by atoms with Gasteiger partial charge in [-0.2, -0.15) is 17.0 Å². The van der Waals surface area contributed by atoms with Gasteiger partial charge in [0.25, 0.3) is 10.2 Å². The molecule has 0 spiro atoms. The van der Waals surface area contributed by atoms with Crippen molar-refractivity contribution >= 4 is 16.3 Å². The van der Waals surface area contributed by atoms with Crippen molar-refractivity contribution in [1.82, 2.24) is 13.5 Å². The molecule has 1 unspecified atom stereocenters. The summed E-state index contributed by atoms with van der Waals surface area (Å²) in [5, 5.41) is 0. The standard InChI is InChI=1S/C15H27N3O6S/c1-2-22-15(19)16-7-9-17(10-8-16)25(20,21)18-6-4-3-5-13(18)14-23-11-12-24-14/h13-14H,2-12H2,1H3. The average Bonchev–Trinajstić information content (AvgIpc) is 3.16. The summed E-state index contributed by atoms with van der Waals surface area (Å²) < 4.78 is 45.3. The molecule has 1 atom stereocenters. The molecule has 3 heterocycles. The molecule has 3 saturated heterocycles. The second-order valence-electron chi connectivity index (χ2n) is 6.38. The van der Waals surface area contributed by atoms with Crippen molar-refractivity contribution in [2.24, 2.45) is 0 Å². The van der Waals surface area contributed by atoms with Crippen LogP contribution in [-0.4, -0.2) is 92.9 Å². The summed E-state index contributed by atoms with van der Waals surface area (Å²) in [7, 11) is -3.61. The molecule has 144 valence electrons. The van der Waals surface area contributed by atoms with Gasteiger partial charge in [-0.3, -0.25) is 0 Å². The molecule has 0 aromatic rings. The van der Waals surface area contributed by atoms with E-state index in [-0.39, 0.29) is 25.2 Å². The van der Waals surface area contributed by atoms with Crippen molar-refractivity contribution < 1.29 is 27.4 Å². The van der Waals surface area contributed by atoms with Crippen LogP contribution in [0.5, 0.6) is 0 Å². The van der Waals surface area contributed by atoms with Crippen LogP contribution < -0.4 is 0 Å². The summed E-state index contributed by atoms with van der Waals surface area (Å²) in [6, 6.07) is -0.274. The molecule has 10 heteroatoms. The second-order valence-corrected chi connectivity index (χ2v) is 8.26. The van der Waals surface area contributed by atoms with E-state index in [1.54, 1.807) is 11.8 Å². The van der Waals surface area contributed by atoms with Crippen LogP contribution in [0.3, 0.4) is 0 Å². The maximum atomic E-state index is 13.1. The maximum Gasteiger partial charge on any atom is 0.409 e. The van der Waals surface area contributed by atoms with Gasteiger partial charge < -0.3 is 19.1 Å². The Morgan fingerprint density at radius 1 is 1.08 bits per heavy atom. The Bertz CT molecular complexity index is 558. The average molecular weight is 377 g/mol. The molecule has 9 nitrogen and oxygen atoms in total. The highest BCUT2D eigenvalue weighted by Crippen LogP contribution is 2.28. The fraction of sp³-hybridized carbons (Fsp3) is 0.933. The van der Waals surface area contributed by atoms with Crippen molar-refractivity contribution in [2.45, 2.75) is 38.5 Å². The monoisotopic (exact) mass is 377 g/mol. The van der Waals surface area contributed by atoms with Crippen LogP contribution in [0.25, 0.3) is 0 Å². The minimum absolute atomic E-state index is 0.274. The Morgan fingerprint density at radius 3 is 2.40 bits per heavy atom. The quantitative estimate of drug-likeness (QED) is 0.697. The van der Waals surface area contributed by atoms with Gasteiger partial charge in [-0.1, -0.05) is 6.42 Å². The predicted octanol–water partition coefficient (Wildman–Crippen LogP) is 0.233. The minimum Gasteiger partial charge on any atom is -0.450 e. The number of hydrogen-bond acceptors (Lipinski definition) is 6. The van der Waals surface area contributed by atoms with E-state index in [1.165, 1.54) is 8.61 Å². The fourth-order valence-corrected chi connectivity index (χ4v) is 5.38. The van der Waals surface area contributed by atoms with Crippen molar-refractivity contribution in [3.8, 4) is 0 Å². The van der Waals surface area contributed by atoms with Crippen LogP contribution in [0.4, 0.5) is 4.79 Å². The molecule has 3 aliphatic heterocycles. The Balaban J connectivity index is 1.65. The SMILES string of the molecule is CCOC(=O)N1CCN(S(=O)(=O)N2CCCCC2C2OCCO2)CC1. The van der Waals surface area contributed by atoms with E-state index in [0.29, 0.717) is 39.5 Å². The lowest BCUT2D eigenvalue weighted by Gasteiger charge is -2.41. The van der Waals surface area contributed by atoms with Crippen LogP contribution in [0.15, 0.2) is 0 Å². The molecule has 1 amide bonds. The number of nitrogens with zero attached hydrogens (tertiary/aromatic N) is 3. The number of ether oxygens (including phenoxy) is 3. The van der Waals surface area contributed by atoms with E-state index in [9.17, 15) is 13.2 Å². The minimum atomic E-state index is -3.61. The third-order valence-electron chi connectivity index (χ3n) is 4.85. The smallest absolute Gasteiger partial charge is 0.409 e. The molecular formula is C15H27N3O6S. The Hall–Kier alpha value is -0.940. The van der Waals surface area contributed by atoms with E-state index in [2.05, 4.69) is 0 Å². The van der Waals surface area contributed by atoms with E-state index in [0.717, 1.165) is 19.3 Å². The molecule has 0 aliphatic carbocycles. The molecule has 0 N–H and O–H groups in total.